The standard InChI is InChI=1S/C24H18ClN3O5S2/c1-33-23(30)17-4-2-15(3-5-17)21-14-34-24(26-21)27-22(29)16-6-10-19(11-7-16)28-35(31,32)20-12-8-18(25)9-13-20/h2-14,28H,1H3,(H,26,27,29). The fourth-order valence-corrected chi connectivity index (χ4v) is 4.94. The summed E-state index contributed by atoms with van der Waals surface area (Å²) >= 11 is 7.06. The Morgan fingerprint density at radius 2 is 1.54 bits per heavy atom. The number of aromatic nitrogens is 1. The van der Waals surface area contributed by atoms with Crippen molar-refractivity contribution in [2.24, 2.45) is 0 Å². The third-order valence-electron chi connectivity index (χ3n) is 4.85. The van der Waals surface area contributed by atoms with Crippen molar-refractivity contribution in [2.45, 2.75) is 4.90 Å². The van der Waals surface area contributed by atoms with Crippen LogP contribution in [-0.4, -0.2) is 32.4 Å². The van der Waals surface area contributed by atoms with E-state index in [0.29, 0.717) is 32.7 Å². The molecule has 0 saturated carbocycles. The first kappa shape index (κ1) is 24.4. The van der Waals surface area contributed by atoms with Gasteiger partial charge in [0.2, 0.25) is 0 Å². The number of hydrogen-bond donors (Lipinski definition) is 2. The van der Waals surface area contributed by atoms with Gasteiger partial charge < -0.3 is 4.74 Å². The zero-order valence-corrected chi connectivity index (χ0v) is 20.6. The average Bonchev–Trinajstić information content (AvgIpc) is 3.32. The summed E-state index contributed by atoms with van der Waals surface area (Å²) in [4.78, 5) is 28.7. The minimum absolute atomic E-state index is 0.0724. The van der Waals surface area contributed by atoms with Crippen LogP contribution in [0.4, 0.5) is 10.8 Å². The molecule has 0 radical (unpaired) electrons. The summed E-state index contributed by atoms with van der Waals surface area (Å²) in [6.45, 7) is 0. The number of nitrogens with one attached hydrogen (secondary N) is 2. The predicted octanol–water partition coefficient (Wildman–Crippen LogP) is 5.30. The van der Waals surface area contributed by atoms with E-state index in [2.05, 4.69) is 19.8 Å². The number of carbonyl (C=O) groups is 2. The second-order valence-electron chi connectivity index (χ2n) is 7.20. The summed E-state index contributed by atoms with van der Waals surface area (Å²) in [5.41, 5.74) is 2.50. The maximum absolute atomic E-state index is 12.6. The molecular weight excluding hydrogens is 510 g/mol. The number of hydrogen-bond acceptors (Lipinski definition) is 7. The van der Waals surface area contributed by atoms with Gasteiger partial charge >= 0.3 is 5.97 Å². The molecule has 0 aliphatic heterocycles. The summed E-state index contributed by atoms with van der Waals surface area (Å²) in [5.74, 6) is -0.814. The van der Waals surface area contributed by atoms with Gasteiger partial charge in [0.15, 0.2) is 5.13 Å². The first-order chi connectivity index (χ1) is 16.7. The number of amides is 1. The Bertz CT molecular complexity index is 1470. The van der Waals surface area contributed by atoms with E-state index in [-0.39, 0.29) is 10.8 Å². The molecule has 11 heteroatoms. The van der Waals surface area contributed by atoms with Crippen LogP contribution in [0.3, 0.4) is 0 Å². The summed E-state index contributed by atoms with van der Waals surface area (Å²) in [6, 6.07) is 18.6. The first-order valence-electron chi connectivity index (χ1n) is 10.1. The van der Waals surface area contributed by atoms with E-state index in [1.807, 2.05) is 0 Å². The molecule has 1 heterocycles. The smallest absolute Gasteiger partial charge is 0.337 e. The van der Waals surface area contributed by atoms with E-state index in [4.69, 9.17) is 11.6 Å². The molecule has 0 atom stereocenters. The molecule has 0 fully saturated rings. The van der Waals surface area contributed by atoms with Crippen LogP contribution >= 0.6 is 22.9 Å². The van der Waals surface area contributed by atoms with Crippen LogP contribution in [0, 0.1) is 0 Å². The van der Waals surface area contributed by atoms with Crippen molar-refractivity contribution >= 4 is 55.7 Å². The lowest BCUT2D eigenvalue weighted by molar-refractivity contribution is 0.0600. The van der Waals surface area contributed by atoms with Crippen molar-refractivity contribution < 1.29 is 22.7 Å². The highest BCUT2D eigenvalue weighted by atomic mass is 35.5. The van der Waals surface area contributed by atoms with Crippen LogP contribution in [0.25, 0.3) is 11.3 Å². The van der Waals surface area contributed by atoms with Crippen molar-refractivity contribution in [2.75, 3.05) is 17.1 Å². The molecule has 4 aromatic rings. The normalized spacial score (nSPS) is 11.0. The largest absolute Gasteiger partial charge is 0.465 e. The van der Waals surface area contributed by atoms with Gasteiger partial charge in [-0.1, -0.05) is 23.7 Å². The van der Waals surface area contributed by atoms with Crippen LogP contribution in [0.5, 0.6) is 0 Å². The van der Waals surface area contributed by atoms with E-state index >= 15 is 0 Å². The van der Waals surface area contributed by atoms with Gasteiger partial charge in [0, 0.05) is 27.2 Å². The maximum atomic E-state index is 12.6. The van der Waals surface area contributed by atoms with Crippen molar-refractivity contribution in [3.63, 3.8) is 0 Å². The molecule has 2 N–H and O–H groups in total. The van der Waals surface area contributed by atoms with Crippen LogP contribution < -0.4 is 10.0 Å². The monoisotopic (exact) mass is 527 g/mol. The number of thiazole rings is 1. The molecule has 0 spiro atoms. The molecule has 0 aliphatic carbocycles. The lowest BCUT2D eigenvalue weighted by Gasteiger charge is -2.09. The third kappa shape index (κ3) is 5.86. The van der Waals surface area contributed by atoms with Crippen LogP contribution in [0.15, 0.2) is 83.1 Å². The van der Waals surface area contributed by atoms with Crippen LogP contribution in [0.2, 0.25) is 5.02 Å². The Morgan fingerprint density at radius 3 is 2.17 bits per heavy atom. The molecule has 0 saturated heterocycles. The molecule has 4 rings (SSSR count). The van der Waals surface area contributed by atoms with Crippen molar-refractivity contribution in [3.8, 4) is 11.3 Å². The molecule has 3 aromatic carbocycles. The number of methoxy groups -OCH3 is 1. The number of anilines is 2. The number of ether oxygens (including phenoxy) is 1. The van der Waals surface area contributed by atoms with Gasteiger partial charge in [-0.05, 0) is 60.7 Å². The average molecular weight is 528 g/mol. The van der Waals surface area contributed by atoms with Crippen molar-refractivity contribution in [1.82, 2.24) is 4.98 Å². The Kier molecular flexibility index (Phi) is 7.15. The topological polar surface area (TPSA) is 114 Å². The van der Waals surface area contributed by atoms with Gasteiger partial charge in [-0.25, -0.2) is 18.2 Å². The number of benzene rings is 3. The number of esters is 1. The zero-order valence-electron chi connectivity index (χ0n) is 18.2. The minimum atomic E-state index is -3.79. The van der Waals surface area contributed by atoms with Crippen LogP contribution in [-0.2, 0) is 14.8 Å². The highest BCUT2D eigenvalue weighted by molar-refractivity contribution is 7.92. The Hall–Kier alpha value is -3.73. The van der Waals surface area contributed by atoms with Gasteiger partial charge in [-0.2, -0.15) is 0 Å². The van der Waals surface area contributed by atoms with Gasteiger partial charge in [-0.15, -0.1) is 11.3 Å². The molecule has 178 valence electrons. The fourth-order valence-electron chi connectivity index (χ4n) is 3.05. The van der Waals surface area contributed by atoms with E-state index in [0.717, 1.165) is 5.56 Å². The summed E-state index contributed by atoms with van der Waals surface area (Å²) in [7, 11) is -2.47. The molecule has 0 bridgehead atoms. The van der Waals surface area contributed by atoms with E-state index in [1.165, 1.54) is 67.0 Å². The SMILES string of the molecule is COC(=O)c1ccc(-c2csc(NC(=O)c3ccc(NS(=O)(=O)c4ccc(Cl)cc4)cc3)n2)cc1. The summed E-state index contributed by atoms with van der Waals surface area (Å²) < 4.78 is 32.1. The molecule has 8 nitrogen and oxygen atoms in total. The van der Waals surface area contributed by atoms with Gasteiger partial charge in [0.05, 0.1) is 23.3 Å². The quantitative estimate of drug-likeness (QED) is 0.315. The number of halogens is 1. The first-order valence-corrected chi connectivity index (χ1v) is 12.8. The van der Waals surface area contributed by atoms with Crippen molar-refractivity contribution in [3.05, 3.63) is 94.3 Å². The van der Waals surface area contributed by atoms with Crippen molar-refractivity contribution in [1.29, 1.82) is 0 Å². The number of sulfonamides is 1. The number of rotatable bonds is 7. The molecule has 35 heavy (non-hydrogen) atoms. The van der Waals surface area contributed by atoms with Gasteiger partial charge in [0.25, 0.3) is 15.9 Å². The lowest BCUT2D eigenvalue weighted by Crippen LogP contribution is -2.14. The van der Waals surface area contributed by atoms with E-state index < -0.39 is 16.0 Å². The van der Waals surface area contributed by atoms with E-state index in [1.54, 1.807) is 29.6 Å². The molecule has 0 aliphatic rings. The minimum Gasteiger partial charge on any atom is -0.465 e. The van der Waals surface area contributed by atoms with Gasteiger partial charge in [-0.3, -0.25) is 14.8 Å². The molecule has 0 unspecified atom stereocenters. The zero-order chi connectivity index (χ0) is 25.0. The third-order valence-corrected chi connectivity index (χ3v) is 7.26. The lowest BCUT2D eigenvalue weighted by atomic mass is 10.1. The molecular formula is C24H18ClN3O5S2. The highest BCUT2D eigenvalue weighted by Gasteiger charge is 2.15. The van der Waals surface area contributed by atoms with Crippen LogP contribution in [0.1, 0.15) is 20.7 Å². The number of carbonyl (C=O) groups excluding carboxylic acids is 2. The summed E-state index contributed by atoms with van der Waals surface area (Å²) in [5, 5.41) is 5.35. The Morgan fingerprint density at radius 1 is 0.914 bits per heavy atom. The van der Waals surface area contributed by atoms with Gasteiger partial charge in [0.1, 0.15) is 0 Å². The second-order valence-corrected chi connectivity index (χ2v) is 10.2. The highest BCUT2D eigenvalue weighted by Crippen LogP contribution is 2.26. The fraction of sp³-hybridized carbons (Fsp3) is 0.0417. The second kappa shape index (κ2) is 10.3. The van der Waals surface area contributed by atoms with E-state index in [9.17, 15) is 18.0 Å². The Balaban J connectivity index is 1.40. The Labute approximate surface area is 210 Å². The number of nitrogens with zero attached hydrogens (tertiary/aromatic N) is 1. The molecule has 1 aromatic heterocycles. The predicted molar refractivity (Wildman–Crippen MR) is 136 cm³/mol. The summed E-state index contributed by atoms with van der Waals surface area (Å²) in [6.07, 6.45) is 0. The maximum Gasteiger partial charge on any atom is 0.337 e. The molecule has 1 amide bonds.